The molecule has 0 amide bonds. The largest absolute Gasteiger partial charge is 0.342 e. The zero-order chi connectivity index (χ0) is 15.4. The van der Waals surface area contributed by atoms with Crippen LogP contribution in [0.2, 0.25) is 0 Å². The molecule has 0 aliphatic carbocycles. The Bertz CT molecular complexity index is 702. The van der Waals surface area contributed by atoms with Crippen molar-refractivity contribution in [1.82, 2.24) is 25.0 Å². The van der Waals surface area contributed by atoms with Crippen molar-refractivity contribution in [2.45, 2.75) is 33.0 Å². The van der Waals surface area contributed by atoms with Gasteiger partial charge in [-0.15, -0.1) is 0 Å². The maximum atomic E-state index is 4.76. The monoisotopic (exact) mass is 297 g/mol. The molecule has 114 valence electrons. The molecule has 0 saturated carbocycles. The number of hydrogen-bond donors (Lipinski definition) is 1. The van der Waals surface area contributed by atoms with Crippen LogP contribution < -0.4 is 5.32 Å². The second-order valence-electron chi connectivity index (χ2n) is 5.36. The topological polar surface area (TPSA) is 68.8 Å². The Kier molecular flexibility index (Phi) is 4.29. The molecule has 3 rings (SSSR count). The van der Waals surface area contributed by atoms with Crippen molar-refractivity contribution in [2.24, 2.45) is 0 Å². The molecule has 0 bridgehead atoms. The van der Waals surface area contributed by atoms with E-state index < -0.39 is 0 Å². The summed E-state index contributed by atoms with van der Waals surface area (Å²) in [7, 11) is 0. The molecule has 1 N–H and O–H groups in total. The number of nitrogens with zero attached hydrogens (tertiary/aromatic N) is 4. The highest BCUT2D eigenvalue weighted by molar-refractivity contribution is 5.54. The average molecular weight is 297 g/mol. The van der Waals surface area contributed by atoms with E-state index >= 15 is 0 Å². The second kappa shape index (κ2) is 6.53. The van der Waals surface area contributed by atoms with Gasteiger partial charge >= 0.3 is 0 Å². The minimum absolute atomic E-state index is 0.366. The lowest BCUT2D eigenvalue weighted by Crippen LogP contribution is -2.30. The van der Waals surface area contributed by atoms with Crippen molar-refractivity contribution in [2.75, 3.05) is 0 Å². The van der Waals surface area contributed by atoms with Crippen molar-refractivity contribution in [1.29, 1.82) is 0 Å². The number of benzene rings is 1. The predicted molar refractivity (Wildman–Crippen MR) is 83.0 cm³/mol. The van der Waals surface area contributed by atoms with Crippen molar-refractivity contribution in [3.05, 3.63) is 54.4 Å². The first-order chi connectivity index (χ1) is 10.7. The van der Waals surface area contributed by atoms with Crippen LogP contribution in [-0.2, 0) is 13.1 Å². The Morgan fingerprint density at radius 1 is 1.23 bits per heavy atom. The highest BCUT2D eigenvalue weighted by Crippen LogP contribution is 2.15. The summed E-state index contributed by atoms with van der Waals surface area (Å²) in [4.78, 5) is 8.28. The van der Waals surface area contributed by atoms with Crippen LogP contribution in [0.1, 0.15) is 18.3 Å². The molecule has 22 heavy (non-hydrogen) atoms. The normalized spacial score (nSPS) is 12.5. The van der Waals surface area contributed by atoms with Gasteiger partial charge < -0.3 is 14.4 Å². The van der Waals surface area contributed by atoms with Crippen molar-refractivity contribution >= 4 is 0 Å². The lowest BCUT2D eigenvalue weighted by atomic mass is 10.1. The van der Waals surface area contributed by atoms with E-state index in [1.807, 2.05) is 31.5 Å². The Labute approximate surface area is 129 Å². The maximum absolute atomic E-state index is 4.76. The summed E-state index contributed by atoms with van der Waals surface area (Å²) in [5, 5.41) is 7.35. The summed E-state index contributed by atoms with van der Waals surface area (Å²) < 4.78 is 6.91. The lowest BCUT2D eigenvalue weighted by Gasteiger charge is -2.15. The molecule has 0 unspecified atom stereocenters. The van der Waals surface area contributed by atoms with E-state index in [2.05, 4.69) is 44.1 Å². The van der Waals surface area contributed by atoms with E-state index in [9.17, 15) is 0 Å². The number of aromatic nitrogens is 4. The fourth-order valence-corrected chi connectivity index (χ4v) is 2.32. The molecule has 1 atom stereocenters. The van der Waals surface area contributed by atoms with Crippen LogP contribution >= 0.6 is 0 Å². The molecule has 0 aliphatic rings. The van der Waals surface area contributed by atoms with Gasteiger partial charge in [-0.05, 0) is 19.4 Å². The van der Waals surface area contributed by atoms with Crippen molar-refractivity contribution < 1.29 is 4.52 Å². The Morgan fingerprint density at radius 3 is 2.68 bits per heavy atom. The molecule has 0 radical (unpaired) electrons. The van der Waals surface area contributed by atoms with Gasteiger partial charge in [0.25, 0.3) is 0 Å². The number of nitrogens with one attached hydrogen (secondary N) is 1. The fourth-order valence-electron chi connectivity index (χ4n) is 2.32. The number of hydrogen-bond acceptors (Lipinski definition) is 5. The van der Waals surface area contributed by atoms with Gasteiger partial charge in [0.1, 0.15) is 5.82 Å². The van der Waals surface area contributed by atoms with Crippen LogP contribution in [0, 0.1) is 6.92 Å². The van der Waals surface area contributed by atoms with Gasteiger partial charge in [0, 0.05) is 37.1 Å². The molecular formula is C16H19N5O. The van der Waals surface area contributed by atoms with Gasteiger partial charge in [0.15, 0.2) is 0 Å². The summed E-state index contributed by atoms with van der Waals surface area (Å²) in [6, 6.07) is 8.53. The number of rotatable bonds is 6. The molecule has 0 spiro atoms. The standard InChI is InChI=1S/C16H19N5O/c1-12(10-21-8-7-17-13(21)2)18-9-14-3-5-15(6-4-14)16-19-11-22-20-16/h3-8,11-12,18H,9-10H2,1-2H3/t12-/m0/s1. The highest BCUT2D eigenvalue weighted by Gasteiger charge is 2.06. The Hall–Kier alpha value is -2.47. The summed E-state index contributed by atoms with van der Waals surface area (Å²) in [5.74, 6) is 1.65. The first-order valence-corrected chi connectivity index (χ1v) is 7.29. The summed E-state index contributed by atoms with van der Waals surface area (Å²) in [6.45, 7) is 5.92. The summed E-state index contributed by atoms with van der Waals surface area (Å²) in [6.07, 6.45) is 5.18. The fraction of sp³-hybridized carbons (Fsp3) is 0.312. The van der Waals surface area contributed by atoms with Crippen LogP contribution in [0.3, 0.4) is 0 Å². The van der Waals surface area contributed by atoms with E-state index in [1.165, 1.54) is 12.0 Å². The third-order valence-electron chi connectivity index (χ3n) is 3.62. The van der Waals surface area contributed by atoms with Gasteiger partial charge in [-0.3, -0.25) is 0 Å². The molecule has 6 nitrogen and oxygen atoms in total. The van der Waals surface area contributed by atoms with E-state index in [4.69, 9.17) is 4.52 Å². The quantitative estimate of drug-likeness (QED) is 0.756. The molecule has 3 aromatic rings. The molecular weight excluding hydrogens is 278 g/mol. The van der Waals surface area contributed by atoms with Crippen LogP contribution in [0.5, 0.6) is 0 Å². The van der Waals surface area contributed by atoms with Crippen LogP contribution in [0.15, 0.2) is 47.6 Å². The molecule has 0 saturated heterocycles. The van der Waals surface area contributed by atoms with Crippen LogP contribution in [-0.4, -0.2) is 25.7 Å². The zero-order valence-corrected chi connectivity index (χ0v) is 12.7. The molecule has 0 aliphatic heterocycles. The van der Waals surface area contributed by atoms with Gasteiger partial charge in [0.2, 0.25) is 12.2 Å². The molecule has 6 heteroatoms. The molecule has 2 heterocycles. The third kappa shape index (κ3) is 3.40. The number of imidazole rings is 1. The van der Waals surface area contributed by atoms with E-state index in [0.29, 0.717) is 11.9 Å². The van der Waals surface area contributed by atoms with Crippen molar-refractivity contribution in [3.63, 3.8) is 0 Å². The van der Waals surface area contributed by atoms with Gasteiger partial charge in [-0.25, -0.2) is 4.98 Å². The van der Waals surface area contributed by atoms with E-state index in [0.717, 1.165) is 24.5 Å². The molecule has 0 fully saturated rings. The SMILES string of the molecule is Cc1nccn1C[C@H](C)NCc1ccc(-c2ncon2)cc1. The molecule has 2 aromatic heterocycles. The van der Waals surface area contributed by atoms with Crippen LogP contribution in [0.4, 0.5) is 0 Å². The second-order valence-corrected chi connectivity index (χ2v) is 5.36. The summed E-state index contributed by atoms with van der Waals surface area (Å²) in [5.41, 5.74) is 2.18. The average Bonchev–Trinajstić information content (AvgIpc) is 3.18. The first-order valence-electron chi connectivity index (χ1n) is 7.29. The minimum atomic E-state index is 0.366. The van der Waals surface area contributed by atoms with Gasteiger partial charge in [-0.1, -0.05) is 29.4 Å². The van der Waals surface area contributed by atoms with Gasteiger partial charge in [-0.2, -0.15) is 4.98 Å². The summed E-state index contributed by atoms with van der Waals surface area (Å²) >= 11 is 0. The van der Waals surface area contributed by atoms with Crippen molar-refractivity contribution in [3.8, 4) is 11.4 Å². The van der Waals surface area contributed by atoms with E-state index in [-0.39, 0.29) is 0 Å². The number of aryl methyl sites for hydroxylation is 1. The Morgan fingerprint density at radius 2 is 2.05 bits per heavy atom. The zero-order valence-electron chi connectivity index (χ0n) is 12.7. The van der Waals surface area contributed by atoms with Crippen LogP contribution in [0.25, 0.3) is 11.4 Å². The van der Waals surface area contributed by atoms with E-state index in [1.54, 1.807) is 0 Å². The Balaban J connectivity index is 1.54. The third-order valence-corrected chi connectivity index (χ3v) is 3.62. The first kappa shape index (κ1) is 14.5. The highest BCUT2D eigenvalue weighted by atomic mass is 16.5. The minimum Gasteiger partial charge on any atom is -0.342 e. The van der Waals surface area contributed by atoms with Gasteiger partial charge in [0.05, 0.1) is 0 Å². The maximum Gasteiger partial charge on any atom is 0.214 e. The predicted octanol–water partition coefficient (Wildman–Crippen LogP) is 2.42. The molecule has 1 aromatic carbocycles. The lowest BCUT2D eigenvalue weighted by molar-refractivity contribution is 0.419. The smallest absolute Gasteiger partial charge is 0.214 e.